The maximum absolute atomic E-state index is 2.79. The maximum Gasteiger partial charge on any atom is 0.0607 e. The van der Waals surface area contributed by atoms with Crippen molar-refractivity contribution < 1.29 is 0 Å². The van der Waals surface area contributed by atoms with Gasteiger partial charge in [0.25, 0.3) is 0 Å². The van der Waals surface area contributed by atoms with E-state index in [4.69, 9.17) is 0 Å². The molecule has 1 heteroatoms. The summed E-state index contributed by atoms with van der Waals surface area (Å²) in [7, 11) is 0. The molecule has 3 aromatic rings. The number of likely N-dealkylation sites (tertiary alicyclic amines) is 1. The molecule has 1 fully saturated rings. The van der Waals surface area contributed by atoms with Gasteiger partial charge < -0.3 is 0 Å². The molecule has 0 N–H and O–H groups in total. The van der Waals surface area contributed by atoms with E-state index in [2.05, 4.69) is 77.7 Å². The zero-order valence-corrected chi connectivity index (χ0v) is 17.1. The van der Waals surface area contributed by atoms with Crippen molar-refractivity contribution in [1.29, 1.82) is 0 Å². The van der Waals surface area contributed by atoms with Crippen molar-refractivity contribution in [3.63, 3.8) is 0 Å². The molecular formula is C28H29N. The molecule has 0 bridgehead atoms. The highest BCUT2D eigenvalue weighted by atomic mass is 15.2. The minimum Gasteiger partial charge on any atom is -0.292 e. The summed E-state index contributed by atoms with van der Waals surface area (Å²) < 4.78 is 0. The second-order valence-electron chi connectivity index (χ2n) is 9.27. The lowest BCUT2D eigenvalue weighted by molar-refractivity contribution is 0.130. The van der Waals surface area contributed by atoms with Gasteiger partial charge in [-0.15, -0.1) is 0 Å². The van der Waals surface area contributed by atoms with E-state index in [0.29, 0.717) is 11.5 Å². The van der Waals surface area contributed by atoms with Crippen molar-refractivity contribution in [2.24, 2.45) is 0 Å². The van der Waals surface area contributed by atoms with Crippen molar-refractivity contribution in [3.8, 4) is 0 Å². The molecule has 1 saturated heterocycles. The first-order chi connectivity index (χ1) is 14.3. The van der Waals surface area contributed by atoms with Gasteiger partial charge in [-0.05, 0) is 90.4 Å². The molecule has 1 spiro atoms. The molecule has 0 amide bonds. The zero-order chi connectivity index (χ0) is 19.3. The molecule has 0 aromatic heterocycles. The molecule has 2 aliphatic carbocycles. The van der Waals surface area contributed by atoms with Crippen LogP contribution in [0, 0.1) is 0 Å². The van der Waals surface area contributed by atoms with Gasteiger partial charge in [-0.3, -0.25) is 4.90 Å². The fourth-order valence-corrected chi connectivity index (χ4v) is 6.38. The van der Waals surface area contributed by atoms with E-state index < -0.39 is 0 Å². The van der Waals surface area contributed by atoms with E-state index in [-0.39, 0.29) is 0 Å². The van der Waals surface area contributed by atoms with Crippen molar-refractivity contribution in [1.82, 2.24) is 4.90 Å². The maximum atomic E-state index is 2.79. The first-order valence-corrected chi connectivity index (χ1v) is 11.3. The summed E-state index contributed by atoms with van der Waals surface area (Å²) in [6.45, 7) is 2.39. The first kappa shape index (κ1) is 17.5. The second kappa shape index (κ2) is 6.85. The molecule has 1 aliphatic heterocycles. The second-order valence-corrected chi connectivity index (χ2v) is 9.27. The van der Waals surface area contributed by atoms with Gasteiger partial charge in [-0.25, -0.2) is 0 Å². The number of hydrogen-bond acceptors (Lipinski definition) is 1. The third-order valence-corrected chi connectivity index (χ3v) is 7.94. The van der Waals surface area contributed by atoms with Gasteiger partial charge in [0, 0.05) is 0 Å². The van der Waals surface area contributed by atoms with Crippen LogP contribution in [-0.2, 0) is 24.7 Å². The number of rotatable bonds is 1. The Balaban J connectivity index is 1.36. The zero-order valence-electron chi connectivity index (χ0n) is 17.1. The number of aryl methyl sites for hydroxylation is 3. The predicted octanol–water partition coefficient (Wildman–Crippen LogP) is 5.85. The summed E-state index contributed by atoms with van der Waals surface area (Å²) in [6.07, 6.45) is 7.53. The van der Waals surface area contributed by atoms with Crippen LogP contribution >= 0.6 is 0 Å². The fraction of sp³-hybridized carbons (Fsp3) is 0.357. The Bertz CT molecular complexity index is 994. The molecule has 3 aliphatic rings. The molecule has 1 nitrogen and oxygen atoms in total. The van der Waals surface area contributed by atoms with Crippen molar-refractivity contribution >= 4 is 0 Å². The number of nitrogens with zero attached hydrogens (tertiary/aromatic N) is 1. The highest BCUT2D eigenvalue weighted by Gasteiger charge is 2.42. The van der Waals surface area contributed by atoms with Gasteiger partial charge in [-0.1, -0.05) is 72.8 Å². The van der Waals surface area contributed by atoms with Gasteiger partial charge >= 0.3 is 0 Å². The lowest BCUT2D eigenvalue weighted by Crippen LogP contribution is -2.43. The fourth-order valence-electron chi connectivity index (χ4n) is 6.38. The normalized spacial score (nSPS) is 20.7. The highest BCUT2D eigenvalue weighted by Crippen LogP contribution is 2.48. The van der Waals surface area contributed by atoms with Crippen LogP contribution in [0.4, 0.5) is 0 Å². The molecule has 6 rings (SSSR count). The largest absolute Gasteiger partial charge is 0.292 e. The molecule has 0 unspecified atom stereocenters. The molecule has 0 saturated carbocycles. The van der Waals surface area contributed by atoms with E-state index in [1.165, 1.54) is 38.8 Å². The first-order valence-electron chi connectivity index (χ1n) is 11.3. The quantitative estimate of drug-likeness (QED) is 0.512. The minimum atomic E-state index is 0.416. The van der Waals surface area contributed by atoms with E-state index in [9.17, 15) is 0 Å². The number of fused-ring (bicyclic) bond motifs is 4. The Hall–Kier alpha value is -2.38. The van der Waals surface area contributed by atoms with Crippen LogP contribution in [0.5, 0.6) is 0 Å². The van der Waals surface area contributed by atoms with E-state index in [1.54, 1.807) is 33.4 Å². The van der Waals surface area contributed by atoms with Crippen LogP contribution in [0.25, 0.3) is 0 Å². The van der Waals surface area contributed by atoms with Crippen molar-refractivity contribution in [2.75, 3.05) is 13.1 Å². The minimum absolute atomic E-state index is 0.416. The Morgan fingerprint density at radius 3 is 1.79 bits per heavy atom. The Morgan fingerprint density at radius 2 is 1.14 bits per heavy atom. The van der Waals surface area contributed by atoms with Gasteiger partial charge in [0.2, 0.25) is 0 Å². The molecular weight excluding hydrogens is 350 g/mol. The summed E-state index contributed by atoms with van der Waals surface area (Å²) in [5, 5.41) is 0. The molecule has 0 atom stereocenters. The van der Waals surface area contributed by atoms with Gasteiger partial charge in [0.1, 0.15) is 0 Å². The van der Waals surface area contributed by atoms with Crippen LogP contribution in [0.1, 0.15) is 58.7 Å². The highest BCUT2D eigenvalue weighted by molar-refractivity contribution is 5.45. The Kier molecular flexibility index (Phi) is 4.13. The molecule has 0 radical (unpaired) electrons. The monoisotopic (exact) mass is 379 g/mol. The topological polar surface area (TPSA) is 3.24 Å². The van der Waals surface area contributed by atoms with E-state index in [0.717, 1.165) is 12.8 Å². The third-order valence-electron chi connectivity index (χ3n) is 7.94. The smallest absolute Gasteiger partial charge is 0.0607 e. The summed E-state index contributed by atoms with van der Waals surface area (Å²) in [6, 6.07) is 28.0. The van der Waals surface area contributed by atoms with Crippen LogP contribution in [-0.4, -0.2) is 18.0 Å². The SMILES string of the molecule is c1ccc2c(c1)CCc1ccccc1C2N1CCC2(CCc3ccccc32)CC1. The van der Waals surface area contributed by atoms with Gasteiger partial charge in [-0.2, -0.15) is 0 Å². The van der Waals surface area contributed by atoms with Crippen LogP contribution < -0.4 is 0 Å². The Morgan fingerprint density at radius 1 is 0.586 bits per heavy atom. The number of benzene rings is 3. The molecule has 3 aromatic carbocycles. The van der Waals surface area contributed by atoms with Crippen LogP contribution in [0.3, 0.4) is 0 Å². The molecule has 1 heterocycles. The number of hydrogen-bond donors (Lipinski definition) is 0. The third kappa shape index (κ3) is 2.79. The summed E-state index contributed by atoms with van der Waals surface area (Å²) in [5.74, 6) is 0. The molecule has 146 valence electrons. The van der Waals surface area contributed by atoms with Crippen LogP contribution in [0.15, 0.2) is 72.8 Å². The lowest BCUT2D eigenvalue weighted by atomic mass is 9.73. The lowest BCUT2D eigenvalue weighted by Gasteiger charge is -2.44. The van der Waals surface area contributed by atoms with Crippen LogP contribution in [0.2, 0.25) is 0 Å². The van der Waals surface area contributed by atoms with Crippen molar-refractivity contribution in [3.05, 3.63) is 106 Å². The predicted molar refractivity (Wildman–Crippen MR) is 119 cm³/mol. The van der Waals surface area contributed by atoms with Crippen molar-refractivity contribution in [2.45, 2.75) is 50.0 Å². The summed E-state index contributed by atoms with van der Waals surface area (Å²) in [4.78, 5) is 2.79. The van der Waals surface area contributed by atoms with E-state index in [1.807, 2.05) is 0 Å². The van der Waals surface area contributed by atoms with Gasteiger partial charge in [0.05, 0.1) is 6.04 Å². The summed E-state index contributed by atoms with van der Waals surface area (Å²) in [5.41, 5.74) is 9.85. The summed E-state index contributed by atoms with van der Waals surface area (Å²) >= 11 is 0. The van der Waals surface area contributed by atoms with E-state index >= 15 is 0 Å². The number of piperidine rings is 1. The average Bonchev–Trinajstić information content (AvgIpc) is 3.04. The van der Waals surface area contributed by atoms with Gasteiger partial charge in [0.15, 0.2) is 0 Å². The molecule has 29 heavy (non-hydrogen) atoms. The Labute approximate surface area is 174 Å². The average molecular weight is 380 g/mol. The standard InChI is InChI=1S/C28H29N/c1-4-10-24-21(7-1)13-14-22-8-2-5-11-25(22)27(24)29-19-17-28(18-20-29)16-15-23-9-3-6-12-26(23)28/h1-12,27H,13-20H2.